The molecule has 0 saturated heterocycles. The maximum Gasteiger partial charge on any atom is 0.225 e. The van der Waals surface area contributed by atoms with Crippen molar-refractivity contribution in [1.82, 2.24) is 0 Å². The quantitative estimate of drug-likeness (QED) is 0.562. The fraction of sp³-hybridized carbons (Fsp3) is 0.500. The Bertz CT molecular complexity index is 443. The lowest BCUT2D eigenvalue weighted by molar-refractivity contribution is -0.115. The number of hydrogen-bond acceptors (Lipinski definition) is 3. The van der Waals surface area contributed by atoms with Gasteiger partial charge in [0.05, 0.1) is 16.4 Å². The Hall–Kier alpha value is -0.580. The van der Waals surface area contributed by atoms with E-state index in [1.807, 2.05) is 0 Å². The molecule has 0 heterocycles. The third kappa shape index (κ3) is 6.25. The first-order valence-electron chi connectivity index (χ1n) is 6.52. The Labute approximate surface area is 134 Å². The average molecular weight is 335 g/mol. The van der Waals surface area contributed by atoms with Crippen LogP contribution in [0.1, 0.15) is 26.7 Å². The van der Waals surface area contributed by atoms with E-state index in [4.69, 9.17) is 28.9 Å². The molecule has 0 atom stereocenters. The van der Waals surface area contributed by atoms with Gasteiger partial charge in [-0.05, 0) is 30.2 Å². The van der Waals surface area contributed by atoms with Crippen molar-refractivity contribution in [2.75, 3.05) is 22.6 Å². The summed E-state index contributed by atoms with van der Waals surface area (Å²) in [6.07, 6.45) is 1.61. The zero-order valence-electron chi connectivity index (χ0n) is 11.7. The predicted molar refractivity (Wildman–Crippen MR) is 90.9 cm³/mol. The zero-order valence-corrected chi connectivity index (χ0v) is 14.0. The minimum Gasteiger partial charge on any atom is -0.397 e. The predicted octanol–water partition coefficient (Wildman–Crippen LogP) is 4.68. The Kier molecular flexibility index (Phi) is 7.56. The number of carbonyl (C=O) groups excluding carboxylic acids is 1. The van der Waals surface area contributed by atoms with Gasteiger partial charge in [-0.25, -0.2) is 0 Å². The van der Waals surface area contributed by atoms with Gasteiger partial charge in [0.25, 0.3) is 0 Å². The molecule has 0 aromatic heterocycles. The second-order valence-electron chi connectivity index (χ2n) is 4.94. The maximum absolute atomic E-state index is 11.8. The van der Waals surface area contributed by atoms with E-state index in [0.717, 1.165) is 11.5 Å². The zero-order chi connectivity index (χ0) is 15.1. The molecule has 0 aliphatic heterocycles. The van der Waals surface area contributed by atoms with Crippen molar-refractivity contribution in [2.24, 2.45) is 5.92 Å². The Balaban J connectivity index is 2.39. The van der Waals surface area contributed by atoms with Crippen molar-refractivity contribution in [3.8, 4) is 0 Å². The van der Waals surface area contributed by atoms with Crippen molar-refractivity contribution in [1.29, 1.82) is 0 Å². The summed E-state index contributed by atoms with van der Waals surface area (Å²) in [6.45, 7) is 4.39. The second-order valence-corrected chi connectivity index (χ2v) is 7.01. The topological polar surface area (TPSA) is 55.1 Å². The van der Waals surface area contributed by atoms with E-state index in [2.05, 4.69) is 19.2 Å². The fourth-order valence-electron chi connectivity index (χ4n) is 1.51. The molecule has 0 fully saturated rings. The highest BCUT2D eigenvalue weighted by atomic mass is 35.5. The number of amides is 1. The molecule has 0 aliphatic rings. The number of halogens is 2. The molecule has 20 heavy (non-hydrogen) atoms. The number of thioether (sulfide) groups is 1. The van der Waals surface area contributed by atoms with Crippen LogP contribution in [-0.4, -0.2) is 17.4 Å². The summed E-state index contributed by atoms with van der Waals surface area (Å²) in [5.41, 5.74) is 6.61. The molecule has 112 valence electrons. The second kappa shape index (κ2) is 8.65. The van der Waals surface area contributed by atoms with E-state index in [1.165, 1.54) is 6.42 Å². The molecule has 0 radical (unpaired) electrons. The molecule has 0 spiro atoms. The molecule has 1 amide bonds. The van der Waals surface area contributed by atoms with Crippen LogP contribution < -0.4 is 11.1 Å². The largest absolute Gasteiger partial charge is 0.397 e. The molecule has 6 heteroatoms. The SMILES string of the molecule is CC(C)CCSCCC(=O)Nc1c(N)cc(Cl)cc1Cl. The number of hydrogen-bond donors (Lipinski definition) is 2. The first-order chi connectivity index (χ1) is 9.40. The highest BCUT2D eigenvalue weighted by Gasteiger charge is 2.10. The minimum absolute atomic E-state index is 0.0852. The highest BCUT2D eigenvalue weighted by Crippen LogP contribution is 2.32. The Morgan fingerprint density at radius 1 is 1.35 bits per heavy atom. The van der Waals surface area contributed by atoms with Gasteiger partial charge in [-0.1, -0.05) is 37.0 Å². The molecule has 1 rings (SSSR count). The monoisotopic (exact) mass is 334 g/mol. The molecule has 0 saturated carbocycles. The van der Waals surface area contributed by atoms with Crippen molar-refractivity contribution in [3.05, 3.63) is 22.2 Å². The summed E-state index contributed by atoms with van der Waals surface area (Å²) in [7, 11) is 0. The van der Waals surface area contributed by atoms with Crippen molar-refractivity contribution in [2.45, 2.75) is 26.7 Å². The van der Waals surface area contributed by atoms with Gasteiger partial charge in [0, 0.05) is 17.2 Å². The van der Waals surface area contributed by atoms with Crippen molar-refractivity contribution >= 4 is 52.2 Å². The van der Waals surface area contributed by atoms with Crippen LogP contribution in [0.4, 0.5) is 11.4 Å². The van der Waals surface area contributed by atoms with Crippen molar-refractivity contribution < 1.29 is 4.79 Å². The standard InChI is InChI=1S/C14H20Cl2N2OS/c1-9(2)3-5-20-6-4-13(19)18-14-11(16)7-10(15)8-12(14)17/h7-9H,3-6,17H2,1-2H3,(H,18,19). The molecule has 1 aromatic rings. The number of nitrogen functional groups attached to an aromatic ring is 1. The van der Waals surface area contributed by atoms with E-state index in [9.17, 15) is 4.79 Å². The summed E-state index contributed by atoms with van der Waals surface area (Å²) in [6, 6.07) is 3.13. The number of rotatable bonds is 7. The van der Waals surface area contributed by atoms with E-state index in [-0.39, 0.29) is 5.91 Å². The van der Waals surface area contributed by atoms with E-state index >= 15 is 0 Å². The lowest BCUT2D eigenvalue weighted by Crippen LogP contribution is -2.14. The van der Waals surface area contributed by atoms with Gasteiger partial charge < -0.3 is 11.1 Å². The first kappa shape index (κ1) is 17.5. The number of nitrogens with one attached hydrogen (secondary N) is 1. The van der Waals surface area contributed by atoms with Gasteiger partial charge in [0.15, 0.2) is 0 Å². The van der Waals surface area contributed by atoms with Crippen molar-refractivity contribution in [3.63, 3.8) is 0 Å². The van der Waals surface area contributed by atoms with Crippen LogP contribution >= 0.6 is 35.0 Å². The van der Waals surface area contributed by atoms with Gasteiger partial charge in [-0.2, -0.15) is 11.8 Å². The number of anilines is 2. The van der Waals surface area contributed by atoms with Crippen LogP contribution in [0.3, 0.4) is 0 Å². The molecular weight excluding hydrogens is 315 g/mol. The van der Waals surface area contributed by atoms with Gasteiger partial charge in [0.2, 0.25) is 5.91 Å². The first-order valence-corrected chi connectivity index (χ1v) is 8.43. The molecular formula is C14H20Cl2N2OS. The van der Waals surface area contributed by atoms with Crippen LogP contribution in [0.2, 0.25) is 10.0 Å². The summed E-state index contributed by atoms with van der Waals surface area (Å²) in [4.78, 5) is 11.8. The summed E-state index contributed by atoms with van der Waals surface area (Å²) in [5, 5.41) is 3.55. The van der Waals surface area contributed by atoms with Gasteiger partial charge in [-0.3, -0.25) is 4.79 Å². The molecule has 3 nitrogen and oxygen atoms in total. The van der Waals surface area contributed by atoms with E-state index in [1.54, 1.807) is 23.9 Å². The molecule has 0 aliphatic carbocycles. The summed E-state index contributed by atoms with van der Waals surface area (Å²) < 4.78 is 0. The van der Waals surface area contributed by atoms with Gasteiger partial charge >= 0.3 is 0 Å². The van der Waals surface area contributed by atoms with E-state index in [0.29, 0.717) is 33.8 Å². The molecule has 3 N–H and O–H groups in total. The smallest absolute Gasteiger partial charge is 0.225 e. The Morgan fingerprint density at radius 3 is 2.65 bits per heavy atom. The highest BCUT2D eigenvalue weighted by molar-refractivity contribution is 7.99. The van der Waals surface area contributed by atoms with Gasteiger partial charge in [-0.15, -0.1) is 0 Å². The van der Waals surface area contributed by atoms with Crippen LogP contribution in [0, 0.1) is 5.92 Å². The van der Waals surface area contributed by atoms with Crippen LogP contribution in [-0.2, 0) is 4.79 Å². The molecule has 0 unspecified atom stereocenters. The normalized spacial score (nSPS) is 10.8. The molecule has 1 aromatic carbocycles. The third-order valence-electron chi connectivity index (χ3n) is 2.66. The lowest BCUT2D eigenvalue weighted by Gasteiger charge is -2.10. The summed E-state index contributed by atoms with van der Waals surface area (Å²) >= 11 is 13.6. The number of nitrogens with two attached hydrogens (primary N) is 1. The minimum atomic E-state index is -0.0852. The fourth-order valence-corrected chi connectivity index (χ4v) is 3.24. The van der Waals surface area contributed by atoms with Crippen LogP contribution in [0.15, 0.2) is 12.1 Å². The number of benzene rings is 1. The number of carbonyl (C=O) groups is 1. The maximum atomic E-state index is 11.8. The van der Waals surface area contributed by atoms with E-state index < -0.39 is 0 Å². The Morgan fingerprint density at radius 2 is 2.05 bits per heavy atom. The summed E-state index contributed by atoms with van der Waals surface area (Å²) in [5.74, 6) is 2.49. The average Bonchev–Trinajstić information content (AvgIpc) is 2.33. The van der Waals surface area contributed by atoms with Gasteiger partial charge in [0.1, 0.15) is 0 Å². The third-order valence-corrected chi connectivity index (χ3v) is 4.20. The molecule has 0 bridgehead atoms. The van der Waals surface area contributed by atoms with Crippen LogP contribution in [0.25, 0.3) is 0 Å². The van der Waals surface area contributed by atoms with Crippen LogP contribution in [0.5, 0.6) is 0 Å². The lowest BCUT2D eigenvalue weighted by atomic mass is 10.2.